The van der Waals surface area contributed by atoms with Gasteiger partial charge in [0.2, 0.25) is 0 Å². The fraction of sp³-hybridized carbons (Fsp3) is 0.0769. The van der Waals surface area contributed by atoms with Crippen LogP contribution in [0.3, 0.4) is 0 Å². The fourth-order valence-corrected chi connectivity index (χ4v) is 4.59. The second-order valence-corrected chi connectivity index (χ2v) is 8.70. The Balaban J connectivity index is 1.26. The second kappa shape index (κ2) is 8.99. The Labute approximate surface area is 198 Å². The standard InChI is InChI=1S/C26H18FN3O3S/c27-18-7-9-20(10-8-18)30-25(32)21-11-6-17(13-22(21)26(30)33)24(31)28-14-19-15-34-23(29-19)12-16-4-2-1-3-5-16/h1-11,13,15H,12,14H2,(H,28,31). The maximum atomic E-state index is 13.2. The first-order chi connectivity index (χ1) is 16.5. The maximum Gasteiger partial charge on any atom is 0.266 e. The summed E-state index contributed by atoms with van der Waals surface area (Å²) in [5.74, 6) is -1.90. The minimum Gasteiger partial charge on any atom is -0.346 e. The third kappa shape index (κ3) is 4.23. The lowest BCUT2D eigenvalue weighted by Crippen LogP contribution is -2.29. The normalized spacial score (nSPS) is 12.7. The second-order valence-electron chi connectivity index (χ2n) is 7.76. The Morgan fingerprint density at radius 2 is 1.68 bits per heavy atom. The van der Waals surface area contributed by atoms with Gasteiger partial charge in [0.25, 0.3) is 17.7 Å². The molecule has 8 heteroatoms. The molecule has 0 atom stereocenters. The number of aromatic nitrogens is 1. The SMILES string of the molecule is O=C(NCc1csc(Cc2ccccc2)n1)c1ccc2c(c1)C(=O)N(c1ccc(F)cc1)C2=O. The number of nitrogens with zero attached hydrogens (tertiary/aromatic N) is 2. The number of rotatable bonds is 6. The molecule has 0 fully saturated rings. The molecule has 0 radical (unpaired) electrons. The number of halogens is 1. The van der Waals surface area contributed by atoms with Crippen LogP contribution in [-0.2, 0) is 13.0 Å². The van der Waals surface area contributed by atoms with Crippen LogP contribution < -0.4 is 10.2 Å². The molecular weight excluding hydrogens is 453 g/mol. The number of benzene rings is 3. The van der Waals surface area contributed by atoms with Crippen molar-refractivity contribution in [3.63, 3.8) is 0 Å². The van der Waals surface area contributed by atoms with E-state index in [0.717, 1.165) is 22.0 Å². The predicted molar refractivity (Wildman–Crippen MR) is 127 cm³/mol. The van der Waals surface area contributed by atoms with Crippen LogP contribution in [0.15, 0.2) is 78.2 Å². The number of amides is 3. The summed E-state index contributed by atoms with van der Waals surface area (Å²) in [6, 6.07) is 19.5. The quantitative estimate of drug-likeness (QED) is 0.417. The molecule has 2 heterocycles. The van der Waals surface area contributed by atoms with Gasteiger partial charge < -0.3 is 5.32 Å². The lowest BCUT2D eigenvalue weighted by molar-refractivity contribution is 0.0923. The van der Waals surface area contributed by atoms with Gasteiger partial charge in [-0.15, -0.1) is 11.3 Å². The molecule has 0 spiro atoms. The molecule has 3 aromatic carbocycles. The third-order valence-corrected chi connectivity index (χ3v) is 6.36. The molecule has 5 rings (SSSR count). The zero-order chi connectivity index (χ0) is 23.7. The fourth-order valence-electron chi connectivity index (χ4n) is 3.76. The van der Waals surface area contributed by atoms with Crippen molar-refractivity contribution in [3.8, 4) is 0 Å². The zero-order valence-corrected chi connectivity index (χ0v) is 18.6. The van der Waals surface area contributed by atoms with E-state index in [1.165, 1.54) is 59.4 Å². The van der Waals surface area contributed by atoms with E-state index < -0.39 is 17.6 Å². The topological polar surface area (TPSA) is 79.4 Å². The molecule has 1 aliphatic heterocycles. The first-order valence-corrected chi connectivity index (χ1v) is 11.4. The van der Waals surface area contributed by atoms with Gasteiger partial charge >= 0.3 is 0 Å². The van der Waals surface area contributed by atoms with Crippen molar-refractivity contribution in [2.45, 2.75) is 13.0 Å². The summed E-state index contributed by atoms with van der Waals surface area (Å²) in [6.45, 7) is 0.246. The van der Waals surface area contributed by atoms with E-state index in [-0.39, 0.29) is 34.8 Å². The highest BCUT2D eigenvalue weighted by Crippen LogP contribution is 2.29. The average molecular weight is 472 g/mol. The molecule has 168 valence electrons. The van der Waals surface area contributed by atoms with Crippen molar-refractivity contribution in [1.29, 1.82) is 0 Å². The van der Waals surface area contributed by atoms with Gasteiger partial charge in [0.15, 0.2) is 0 Å². The summed E-state index contributed by atoms with van der Waals surface area (Å²) in [5, 5.41) is 5.68. The monoisotopic (exact) mass is 471 g/mol. The molecule has 0 aliphatic carbocycles. The number of anilines is 1. The molecule has 3 amide bonds. The van der Waals surface area contributed by atoms with E-state index in [9.17, 15) is 18.8 Å². The Kier molecular flexibility index (Phi) is 5.73. The van der Waals surface area contributed by atoms with Gasteiger partial charge in [0.05, 0.1) is 34.1 Å². The summed E-state index contributed by atoms with van der Waals surface area (Å²) in [7, 11) is 0. The summed E-state index contributed by atoms with van der Waals surface area (Å²) >= 11 is 1.53. The van der Waals surface area contributed by atoms with Crippen LogP contribution in [0.2, 0.25) is 0 Å². The number of carbonyl (C=O) groups excluding carboxylic acids is 3. The van der Waals surface area contributed by atoms with Gasteiger partial charge in [0.1, 0.15) is 5.82 Å². The van der Waals surface area contributed by atoms with Gasteiger partial charge in [-0.1, -0.05) is 30.3 Å². The number of thiazole rings is 1. The third-order valence-electron chi connectivity index (χ3n) is 5.46. The maximum absolute atomic E-state index is 13.2. The first kappa shape index (κ1) is 21.7. The average Bonchev–Trinajstić information content (AvgIpc) is 3.40. The van der Waals surface area contributed by atoms with Crippen LogP contribution in [0, 0.1) is 5.82 Å². The number of hydrogen-bond donors (Lipinski definition) is 1. The number of carbonyl (C=O) groups is 3. The molecule has 34 heavy (non-hydrogen) atoms. The Bertz CT molecular complexity index is 1400. The smallest absolute Gasteiger partial charge is 0.266 e. The molecule has 1 aliphatic rings. The van der Waals surface area contributed by atoms with Gasteiger partial charge in [0, 0.05) is 17.4 Å². The van der Waals surface area contributed by atoms with E-state index >= 15 is 0 Å². The lowest BCUT2D eigenvalue weighted by Gasteiger charge is -2.13. The van der Waals surface area contributed by atoms with Crippen molar-refractivity contribution in [2.24, 2.45) is 0 Å². The Hall–Kier alpha value is -4.17. The van der Waals surface area contributed by atoms with E-state index in [0.29, 0.717) is 0 Å². The Morgan fingerprint density at radius 3 is 2.44 bits per heavy atom. The molecular formula is C26H18FN3O3S. The van der Waals surface area contributed by atoms with Crippen LogP contribution in [0.1, 0.15) is 47.3 Å². The molecule has 0 unspecified atom stereocenters. The van der Waals surface area contributed by atoms with Crippen molar-refractivity contribution in [3.05, 3.63) is 117 Å². The summed E-state index contributed by atoms with van der Waals surface area (Å²) in [4.78, 5) is 43.9. The lowest BCUT2D eigenvalue weighted by atomic mass is 10.1. The molecule has 6 nitrogen and oxygen atoms in total. The van der Waals surface area contributed by atoms with E-state index in [4.69, 9.17) is 0 Å². The Morgan fingerprint density at radius 1 is 0.941 bits per heavy atom. The molecule has 0 bridgehead atoms. The summed E-state index contributed by atoms with van der Waals surface area (Å²) < 4.78 is 13.2. The van der Waals surface area contributed by atoms with Crippen LogP contribution in [-0.4, -0.2) is 22.7 Å². The minimum atomic E-state index is -0.550. The molecule has 0 saturated heterocycles. The van der Waals surface area contributed by atoms with Crippen LogP contribution in [0.4, 0.5) is 10.1 Å². The van der Waals surface area contributed by atoms with Crippen molar-refractivity contribution in [1.82, 2.24) is 10.3 Å². The van der Waals surface area contributed by atoms with Crippen molar-refractivity contribution < 1.29 is 18.8 Å². The van der Waals surface area contributed by atoms with Crippen molar-refractivity contribution in [2.75, 3.05) is 4.90 Å². The first-order valence-electron chi connectivity index (χ1n) is 10.5. The van der Waals surface area contributed by atoms with Gasteiger partial charge in [-0.2, -0.15) is 0 Å². The van der Waals surface area contributed by atoms with Crippen molar-refractivity contribution >= 4 is 34.7 Å². The van der Waals surface area contributed by atoms with E-state index in [1.807, 2.05) is 35.7 Å². The summed E-state index contributed by atoms with van der Waals surface area (Å²) in [5.41, 5.74) is 2.80. The zero-order valence-electron chi connectivity index (χ0n) is 17.8. The number of hydrogen-bond acceptors (Lipinski definition) is 5. The van der Waals surface area contributed by atoms with Crippen LogP contribution >= 0.6 is 11.3 Å². The van der Waals surface area contributed by atoms with Gasteiger partial charge in [-0.25, -0.2) is 14.3 Å². The number of nitrogens with one attached hydrogen (secondary N) is 1. The van der Waals surface area contributed by atoms with E-state index in [2.05, 4.69) is 10.3 Å². The van der Waals surface area contributed by atoms with Gasteiger partial charge in [-0.05, 0) is 48.0 Å². The summed E-state index contributed by atoms with van der Waals surface area (Å²) in [6.07, 6.45) is 0.727. The predicted octanol–water partition coefficient (Wildman–Crippen LogP) is 4.60. The molecule has 4 aromatic rings. The van der Waals surface area contributed by atoms with Gasteiger partial charge in [-0.3, -0.25) is 14.4 Å². The highest BCUT2D eigenvalue weighted by molar-refractivity contribution is 7.09. The molecule has 1 N–H and O–H groups in total. The highest BCUT2D eigenvalue weighted by Gasteiger charge is 2.37. The number of imide groups is 1. The highest BCUT2D eigenvalue weighted by atomic mass is 32.1. The van der Waals surface area contributed by atoms with Crippen LogP contribution in [0.25, 0.3) is 0 Å². The largest absolute Gasteiger partial charge is 0.346 e. The minimum absolute atomic E-state index is 0.140. The van der Waals surface area contributed by atoms with E-state index in [1.54, 1.807) is 0 Å². The van der Waals surface area contributed by atoms with Crippen LogP contribution in [0.5, 0.6) is 0 Å². The molecule has 1 aromatic heterocycles. The molecule has 0 saturated carbocycles. The number of fused-ring (bicyclic) bond motifs is 1.